The Kier molecular flexibility index (Phi) is 3.59. The summed E-state index contributed by atoms with van der Waals surface area (Å²) < 4.78 is 6.96. The fourth-order valence-electron chi connectivity index (χ4n) is 2.06. The van der Waals surface area contributed by atoms with E-state index in [0.717, 1.165) is 17.1 Å². The van der Waals surface area contributed by atoms with Gasteiger partial charge in [0.15, 0.2) is 0 Å². The quantitative estimate of drug-likeness (QED) is 0.875. The highest BCUT2D eigenvalue weighted by atomic mass is 16.3. The maximum Gasteiger partial charge on any atom is 0.242 e. The molecule has 6 heteroatoms. The number of carbonyl (C=O) groups excluding carboxylic acids is 1. The van der Waals surface area contributed by atoms with E-state index in [9.17, 15) is 4.79 Å². The molecule has 102 valence electrons. The average Bonchev–Trinajstić information content (AvgIpc) is 2.84. The van der Waals surface area contributed by atoms with Crippen LogP contribution in [0.5, 0.6) is 0 Å². The van der Waals surface area contributed by atoms with Gasteiger partial charge in [0.05, 0.1) is 6.04 Å². The number of hydrogen-bond acceptors (Lipinski definition) is 4. The molecule has 1 atom stereocenters. The molecule has 0 radical (unpaired) electrons. The van der Waals surface area contributed by atoms with Gasteiger partial charge in [0.1, 0.15) is 23.9 Å². The molecule has 2 aromatic heterocycles. The summed E-state index contributed by atoms with van der Waals surface area (Å²) in [7, 11) is 0. The first-order valence-corrected chi connectivity index (χ1v) is 6.11. The SMILES string of the molecule is Cc1cc(C(C)NC(=O)Cn2ccc(N)n2)c(C)o1. The summed E-state index contributed by atoms with van der Waals surface area (Å²) >= 11 is 0. The minimum Gasteiger partial charge on any atom is -0.466 e. The Bertz CT molecular complexity index is 585. The monoisotopic (exact) mass is 262 g/mol. The number of aromatic nitrogens is 2. The van der Waals surface area contributed by atoms with Crippen molar-refractivity contribution in [1.82, 2.24) is 15.1 Å². The number of carbonyl (C=O) groups is 1. The third-order valence-corrected chi connectivity index (χ3v) is 2.89. The van der Waals surface area contributed by atoms with Crippen molar-refractivity contribution in [3.8, 4) is 0 Å². The van der Waals surface area contributed by atoms with E-state index in [4.69, 9.17) is 10.2 Å². The lowest BCUT2D eigenvalue weighted by Crippen LogP contribution is -2.30. The maximum atomic E-state index is 11.9. The predicted octanol–water partition coefficient (Wildman–Crippen LogP) is 1.55. The number of nitrogens with one attached hydrogen (secondary N) is 1. The number of anilines is 1. The molecular weight excluding hydrogens is 244 g/mol. The van der Waals surface area contributed by atoms with Crippen LogP contribution in [-0.4, -0.2) is 15.7 Å². The van der Waals surface area contributed by atoms with Crippen LogP contribution in [0.3, 0.4) is 0 Å². The Balaban J connectivity index is 1.97. The minimum atomic E-state index is -0.117. The molecular formula is C13H18N4O2. The van der Waals surface area contributed by atoms with Crippen LogP contribution in [0.15, 0.2) is 22.7 Å². The van der Waals surface area contributed by atoms with E-state index in [-0.39, 0.29) is 18.5 Å². The summed E-state index contributed by atoms with van der Waals surface area (Å²) in [5.41, 5.74) is 6.48. The van der Waals surface area contributed by atoms with Crippen molar-refractivity contribution in [2.75, 3.05) is 5.73 Å². The summed E-state index contributed by atoms with van der Waals surface area (Å²) in [6.07, 6.45) is 1.67. The Morgan fingerprint density at radius 2 is 2.32 bits per heavy atom. The lowest BCUT2D eigenvalue weighted by Gasteiger charge is -2.13. The van der Waals surface area contributed by atoms with Gasteiger partial charge in [0.25, 0.3) is 0 Å². The molecule has 1 amide bonds. The molecule has 1 unspecified atom stereocenters. The molecule has 2 rings (SSSR count). The fraction of sp³-hybridized carbons (Fsp3) is 0.385. The summed E-state index contributed by atoms with van der Waals surface area (Å²) in [6, 6.07) is 3.49. The van der Waals surface area contributed by atoms with Crippen molar-refractivity contribution in [2.45, 2.75) is 33.4 Å². The van der Waals surface area contributed by atoms with Crippen molar-refractivity contribution in [2.24, 2.45) is 0 Å². The van der Waals surface area contributed by atoms with Crippen LogP contribution >= 0.6 is 0 Å². The van der Waals surface area contributed by atoms with Gasteiger partial charge in [-0.3, -0.25) is 9.48 Å². The molecule has 3 N–H and O–H groups in total. The largest absolute Gasteiger partial charge is 0.466 e. The number of nitrogens with zero attached hydrogens (tertiary/aromatic N) is 2. The first kappa shape index (κ1) is 13.2. The van der Waals surface area contributed by atoms with Gasteiger partial charge >= 0.3 is 0 Å². The molecule has 0 aliphatic rings. The molecule has 19 heavy (non-hydrogen) atoms. The molecule has 0 fully saturated rings. The number of nitrogens with two attached hydrogens (primary N) is 1. The second kappa shape index (κ2) is 5.17. The van der Waals surface area contributed by atoms with E-state index in [2.05, 4.69) is 10.4 Å². The van der Waals surface area contributed by atoms with Gasteiger partial charge in [-0.2, -0.15) is 5.10 Å². The van der Waals surface area contributed by atoms with Gasteiger partial charge in [-0.15, -0.1) is 0 Å². The number of amides is 1. The Morgan fingerprint density at radius 1 is 1.58 bits per heavy atom. The Labute approximate surface area is 111 Å². The summed E-state index contributed by atoms with van der Waals surface area (Å²) in [5, 5.41) is 6.87. The number of rotatable bonds is 4. The molecule has 0 saturated heterocycles. The van der Waals surface area contributed by atoms with Crippen LogP contribution in [0.2, 0.25) is 0 Å². The first-order valence-electron chi connectivity index (χ1n) is 6.11. The molecule has 0 bridgehead atoms. The Morgan fingerprint density at radius 3 is 2.84 bits per heavy atom. The smallest absolute Gasteiger partial charge is 0.242 e. The van der Waals surface area contributed by atoms with E-state index in [1.54, 1.807) is 12.3 Å². The normalized spacial score (nSPS) is 12.4. The summed E-state index contributed by atoms with van der Waals surface area (Å²) in [5.74, 6) is 1.96. The minimum absolute atomic E-state index is 0.0992. The maximum absolute atomic E-state index is 11.9. The highest BCUT2D eigenvalue weighted by Gasteiger charge is 2.15. The third kappa shape index (κ3) is 3.15. The van der Waals surface area contributed by atoms with Crippen molar-refractivity contribution in [1.29, 1.82) is 0 Å². The third-order valence-electron chi connectivity index (χ3n) is 2.89. The van der Waals surface area contributed by atoms with Crippen LogP contribution < -0.4 is 11.1 Å². The molecule has 2 aromatic rings. The van der Waals surface area contributed by atoms with Gasteiger partial charge in [-0.05, 0) is 32.9 Å². The zero-order valence-corrected chi connectivity index (χ0v) is 11.3. The van der Waals surface area contributed by atoms with Crippen molar-refractivity contribution in [3.05, 3.63) is 35.4 Å². The molecule has 2 heterocycles. The standard InChI is InChI=1S/C13H18N4O2/c1-8-6-11(10(3)19-8)9(2)15-13(18)7-17-5-4-12(14)16-17/h4-6,9H,7H2,1-3H3,(H2,14,16)(H,15,18). The van der Waals surface area contributed by atoms with Crippen LogP contribution in [0.1, 0.15) is 30.0 Å². The van der Waals surface area contributed by atoms with E-state index < -0.39 is 0 Å². The van der Waals surface area contributed by atoms with Crippen LogP contribution in [0.25, 0.3) is 0 Å². The summed E-state index contributed by atoms with van der Waals surface area (Å²) in [6.45, 7) is 5.85. The lowest BCUT2D eigenvalue weighted by molar-refractivity contribution is -0.122. The summed E-state index contributed by atoms with van der Waals surface area (Å²) in [4.78, 5) is 11.9. The second-order valence-corrected chi connectivity index (χ2v) is 4.60. The van der Waals surface area contributed by atoms with Gasteiger partial charge < -0.3 is 15.5 Å². The van der Waals surface area contributed by atoms with Gasteiger partial charge in [-0.1, -0.05) is 0 Å². The number of hydrogen-bond donors (Lipinski definition) is 2. The van der Waals surface area contributed by atoms with E-state index in [0.29, 0.717) is 5.82 Å². The number of furan rings is 1. The molecule has 0 aromatic carbocycles. The van der Waals surface area contributed by atoms with Crippen molar-refractivity contribution in [3.63, 3.8) is 0 Å². The van der Waals surface area contributed by atoms with Crippen molar-refractivity contribution < 1.29 is 9.21 Å². The highest BCUT2D eigenvalue weighted by molar-refractivity contribution is 5.76. The lowest BCUT2D eigenvalue weighted by atomic mass is 10.1. The van der Waals surface area contributed by atoms with Crippen LogP contribution in [-0.2, 0) is 11.3 Å². The molecule has 0 aliphatic carbocycles. The zero-order chi connectivity index (χ0) is 14.0. The number of nitrogen functional groups attached to an aromatic ring is 1. The first-order chi connectivity index (χ1) is 8.95. The van der Waals surface area contributed by atoms with Crippen LogP contribution in [0.4, 0.5) is 5.82 Å². The van der Waals surface area contributed by atoms with E-state index in [1.165, 1.54) is 4.68 Å². The number of aryl methyl sites for hydroxylation is 2. The molecule has 0 spiro atoms. The van der Waals surface area contributed by atoms with Crippen LogP contribution in [0, 0.1) is 13.8 Å². The average molecular weight is 262 g/mol. The van der Waals surface area contributed by atoms with Gasteiger partial charge in [-0.25, -0.2) is 0 Å². The molecule has 0 saturated carbocycles. The topological polar surface area (TPSA) is 86.1 Å². The van der Waals surface area contributed by atoms with Crippen molar-refractivity contribution >= 4 is 11.7 Å². The Hall–Kier alpha value is -2.24. The second-order valence-electron chi connectivity index (χ2n) is 4.60. The molecule has 6 nitrogen and oxygen atoms in total. The van der Waals surface area contributed by atoms with Gasteiger partial charge in [0.2, 0.25) is 5.91 Å². The zero-order valence-electron chi connectivity index (χ0n) is 11.3. The molecule has 0 aliphatic heterocycles. The van der Waals surface area contributed by atoms with E-state index >= 15 is 0 Å². The predicted molar refractivity (Wildman–Crippen MR) is 71.4 cm³/mol. The highest BCUT2D eigenvalue weighted by Crippen LogP contribution is 2.20. The fourth-order valence-corrected chi connectivity index (χ4v) is 2.06. The van der Waals surface area contributed by atoms with Gasteiger partial charge in [0, 0.05) is 11.8 Å². The van der Waals surface area contributed by atoms with E-state index in [1.807, 2.05) is 26.8 Å².